The molecule has 1 heterocycles. The van der Waals surface area contributed by atoms with E-state index in [0.717, 1.165) is 23.4 Å². The second kappa shape index (κ2) is 7.01. The van der Waals surface area contributed by atoms with Crippen LogP contribution in [0.5, 0.6) is 0 Å². The molecule has 0 unspecified atom stereocenters. The van der Waals surface area contributed by atoms with Crippen LogP contribution in [0.3, 0.4) is 0 Å². The van der Waals surface area contributed by atoms with E-state index >= 15 is 0 Å². The molecule has 4 nitrogen and oxygen atoms in total. The van der Waals surface area contributed by atoms with Gasteiger partial charge in [-0.3, -0.25) is 4.98 Å². The first kappa shape index (κ1) is 16.1. The first-order valence-corrected chi connectivity index (χ1v) is 6.89. The highest BCUT2D eigenvalue weighted by molar-refractivity contribution is 7.80. The average Bonchev–Trinajstić information content (AvgIpc) is 2.32. The van der Waals surface area contributed by atoms with Crippen molar-refractivity contribution < 1.29 is 0 Å². The Hall–Kier alpha value is -1.93. The van der Waals surface area contributed by atoms with Crippen LogP contribution in [0.1, 0.15) is 32.0 Å². The molecule has 0 aliphatic rings. The third-order valence-corrected chi connectivity index (χ3v) is 3.04. The fourth-order valence-electron chi connectivity index (χ4n) is 1.86. The number of pyridine rings is 1. The molecular weight excluding hydrogens is 268 g/mol. The molecule has 0 atom stereocenters. The molecule has 0 spiro atoms. The number of hydrogen-bond donors (Lipinski definition) is 2. The SMILES string of the molecule is CC(Nc1cnc(CC(C)C)cc1C)=C(C#N)C(N)=S. The van der Waals surface area contributed by atoms with Crippen molar-refractivity contribution in [3.05, 3.63) is 34.8 Å². The molecule has 0 aliphatic heterocycles. The molecule has 0 saturated heterocycles. The molecule has 20 heavy (non-hydrogen) atoms. The van der Waals surface area contributed by atoms with Gasteiger partial charge in [-0.1, -0.05) is 26.1 Å². The largest absolute Gasteiger partial charge is 0.389 e. The lowest BCUT2D eigenvalue weighted by Crippen LogP contribution is -2.15. The molecule has 0 fully saturated rings. The minimum atomic E-state index is 0.0968. The number of allylic oxidation sites excluding steroid dienone is 1. The van der Waals surface area contributed by atoms with Crippen molar-refractivity contribution in [2.24, 2.45) is 11.7 Å². The number of nitriles is 1. The predicted octanol–water partition coefficient (Wildman–Crippen LogP) is 3.08. The molecule has 1 aromatic rings. The van der Waals surface area contributed by atoms with Crippen LogP contribution in [-0.4, -0.2) is 9.97 Å². The van der Waals surface area contributed by atoms with Crippen molar-refractivity contribution in [1.29, 1.82) is 5.26 Å². The van der Waals surface area contributed by atoms with Crippen molar-refractivity contribution in [2.75, 3.05) is 5.32 Å². The number of hydrogen-bond acceptors (Lipinski definition) is 4. The van der Waals surface area contributed by atoms with Crippen LogP contribution in [0.25, 0.3) is 0 Å². The summed E-state index contributed by atoms with van der Waals surface area (Å²) in [6.45, 7) is 8.11. The van der Waals surface area contributed by atoms with E-state index in [1.54, 1.807) is 13.1 Å². The van der Waals surface area contributed by atoms with Gasteiger partial charge in [0.25, 0.3) is 0 Å². The third-order valence-electron chi connectivity index (χ3n) is 2.84. The summed E-state index contributed by atoms with van der Waals surface area (Å²) < 4.78 is 0. The molecule has 0 saturated carbocycles. The molecule has 0 bridgehead atoms. The van der Waals surface area contributed by atoms with Crippen LogP contribution in [0.2, 0.25) is 0 Å². The summed E-state index contributed by atoms with van der Waals surface area (Å²) in [7, 11) is 0. The summed E-state index contributed by atoms with van der Waals surface area (Å²) in [5.74, 6) is 0.571. The smallest absolute Gasteiger partial charge is 0.116 e. The molecule has 3 N–H and O–H groups in total. The van der Waals surface area contributed by atoms with E-state index in [1.807, 2.05) is 13.0 Å². The van der Waals surface area contributed by atoms with Gasteiger partial charge in [0.1, 0.15) is 16.6 Å². The van der Waals surface area contributed by atoms with E-state index in [1.165, 1.54) is 0 Å². The normalized spacial score (nSPS) is 11.8. The third kappa shape index (κ3) is 4.32. The van der Waals surface area contributed by atoms with E-state index < -0.39 is 0 Å². The molecule has 1 rings (SSSR count). The van der Waals surface area contributed by atoms with Gasteiger partial charge in [0.05, 0.1) is 11.9 Å². The number of rotatable bonds is 5. The molecule has 0 amide bonds. The monoisotopic (exact) mass is 288 g/mol. The summed E-state index contributed by atoms with van der Waals surface area (Å²) in [6, 6.07) is 4.07. The Morgan fingerprint density at radius 1 is 1.55 bits per heavy atom. The Morgan fingerprint density at radius 2 is 2.20 bits per heavy atom. The molecule has 0 aromatic carbocycles. The lowest BCUT2D eigenvalue weighted by Gasteiger charge is -2.13. The van der Waals surface area contributed by atoms with Crippen molar-refractivity contribution >= 4 is 22.9 Å². The van der Waals surface area contributed by atoms with Gasteiger partial charge in [0.2, 0.25) is 0 Å². The van der Waals surface area contributed by atoms with Gasteiger partial charge in [0.15, 0.2) is 0 Å². The minimum Gasteiger partial charge on any atom is -0.389 e. The second-order valence-corrected chi connectivity index (χ2v) is 5.63. The van der Waals surface area contributed by atoms with E-state index in [0.29, 0.717) is 17.2 Å². The highest BCUT2D eigenvalue weighted by Crippen LogP contribution is 2.19. The second-order valence-electron chi connectivity index (χ2n) is 5.19. The standard InChI is InChI=1S/C15H20N4S/c1-9(2)5-12-6-10(3)14(8-18-12)19-11(4)13(7-16)15(17)20/h6,8-9,19H,5H2,1-4H3,(H2,17,20). The van der Waals surface area contributed by atoms with Crippen LogP contribution in [0, 0.1) is 24.2 Å². The molecule has 0 radical (unpaired) electrons. The molecule has 5 heteroatoms. The summed E-state index contributed by atoms with van der Waals surface area (Å²) in [5, 5.41) is 12.2. The van der Waals surface area contributed by atoms with Crippen LogP contribution in [-0.2, 0) is 6.42 Å². The highest BCUT2D eigenvalue weighted by Gasteiger charge is 2.08. The molecular formula is C15H20N4S. The fourth-order valence-corrected chi connectivity index (χ4v) is 2.06. The van der Waals surface area contributed by atoms with Gasteiger partial charge in [-0.2, -0.15) is 5.26 Å². The van der Waals surface area contributed by atoms with Gasteiger partial charge in [-0.05, 0) is 37.8 Å². The Labute approximate surface area is 125 Å². The summed E-state index contributed by atoms with van der Waals surface area (Å²) in [4.78, 5) is 4.53. The zero-order valence-electron chi connectivity index (χ0n) is 12.3. The highest BCUT2D eigenvalue weighted by atomic mass is 32.1. The maximum atomic E-state index is 9.03. The van der Waals surface area contributed by atoms with Crippen molar-refractivity contribution in [3.63, 3.8) is 0 Å². The first-order valence-electron chi connectivity index (χ1n) is 6.48. The number of anilines is 1. The Kier molecular flexibility index (Phi) is 5.66. The molecule has 1 aromatic heterocycles. The van der Waals surface area contributed by atoms with Gasteiger partial charge >= 0.3 is 0 Å². The predicted molar refractivity (Wildman–Crippen MR) is 86.2 cm³/mol. The lowest BCUT2D eigenvalue weighted by molar-refractivity contribution is 0.635. The van der Waals surface area contributed by atoms with Gasteiger partial charge < -0.3 is 11.1 Å². The average molecular weight is 288 g/mol. The zero-order valence-corrected chi connectivity index (χ0v) is 13.1. The first-order chi connectivity index (χ1) is 9.35. The van der Waals surface area contributed by atoms with E-state index in [4.69, 9.17) is 23.2 Å². The lowest BCUT2D eigenvalue weighted by atomic mass is 10.1. The van der Waals surface area contributed by atoms with Crippen LogP contribution in [0.4, 0.5) is 5.69 Å². The van der Waals surface area contributed by atoms with Crippen LogP contribution < -0.4 is 11.1 Å². The number of aryl methyl sites for hydroxylation is 1. The quantitative estimate of drug-likeness (QED) is 0.495. The summed E-state index contributed by atoms with van der Waals surface area (Å²) >= 11 is 4.85. The van der Waals surface area contributed by atoms with Gasteiger partial charge in [-0.25, -0.2) is 0 Å². The maximum absolute atomic E-state index is 9.03. The zero-order chi connectivity index (χ0) is 15.3. The maximum Gasteiger partial charge on any atom is 0.116 e. The molecule has 0 aliphatic carbocycles. The Bertz CT molecular complexity index is 582. The number of aromatic nitrogens is 1. The van der Waals surface area contributed by atoms with E-state index in [-0.39, 0.29) is 4.99 Å². The van der Waals surface area contributed by atoms with Crippen molar-refractivity contribution in [3.8, 4) is 6.07 Å². The van der Waals surface area contributed by atoms with Crippen LogP contribution in [0.15, 0.2) is 23.5 Å². The number of nitrogens with zero attached hydrogens (tertiary/aromatic N) is 2. The fraction of sp³-hybridized carbons (Fsp3) is 0.400. The van der Waals surface area contributed by atoms with E-state index in [9.17, 15) is 0 Å². The number of nitrogens with two attached hydrogens (primary N) is 1. The minimum absolute atomic E-state index is 0.0968. The summed E-state index contributed by atoms with van der Waals surface area (Å²) in [6.07, 6.45) is 2.73. The Balaban J connectivity index is 3.00. The van der Waals surface area contributed by atoms with Gasteiger partial charge in [0, 0.05) is 11.4 Å². The number of nitrogens with one attached hydrogen (secondary N) is 1. The topological polar surface area (TPSA) is 74.7 Å². The van der Waals surface area contributed by atoms with E-state index in [2.05, 4.69) is 30.2 Å². The van der Waals surface area contributed by atoms with Crippen LogP contribution >= 0.6 is 12.2 Å². The van der Waals surface area contributed by atoms with Gasteiger partial charge in [-0.15, -0.1) is 0 Å². The van der Waals surface area contributed by atoms with Crippen molar-refractivity contribution in [1.82, 2.24) is 4.98 Å². The Morgan fingerprint density at radius 3 is 2.65 bits per heavy atom. The number of thiocarbonyl (C=S) groups is 1. The molecule has 106 valence electrons. The van der Waals surface area contributed by atoms with Crippen molar-refractivity contribution in [2.45, 2.75) is 34.1 Å². The summed E-state index contributed by atoms with van der Waals surface area (Å²) in [5.41, 5.74) is 9.46.